The van der Waals surface area contributed by atoms with Crippen molar-refractivity contribution in [1.29, 1.82) is 0 Å². The number of aliphatic hydroxyl groups is 1. The summed E-state index contributed by atoms with van der Waals surface area (Å²) in [4.78, 5) is 0. The molecule has 18 heavy (non-hydrogen) atoms. The van der Waals surface area contributed by atoms with Crippen molar-refractivity contribution in [3.8, 4) is 0 Å². The maximum Gasteiger partial charge on any atom is 0.156 e. The Labute approximate surface area is 120 Å². The Hall–Kier alpha value is -0.110. The molecule has 0 aromatic heterocycles. The predicted molar refractivity (Wildman–Crippen MR) is 87.7 cm³/mol. The fraction of sp³-hybridized carbons (Fsp3) is 0.938. The molecule has 0 saturated carbocycles. The summed E-state index contributed by atoms with van der Waals surface area (Å²) in [7, 11) is 0. The van der Waals surface area contributed by atoms with Gasteiger partial charge in [0.15, 0.2) is 5.05 Å². The van der Waals surface area contributed by atoms with Crippen LogP contribution in [0.15, 0.2) is 0 Å². The van der Waals surface area contributed by atoms with Crippen LogP contribution in [0.25, 0.3) is 0 Å². The van der Waals surface area contributed by atoms with Crippen molar-refractivity contribution in [1.82, 2.24) is 0 Å². The molecule has 1 N–H and O–H groups in total. The van der Waals surface area contributed by atoms with Crippen molar-refractivity contribution in [3.05, 3.63) is 0 Å². The van der Waals surface area contributed by atoms with E-state index in [1.165, 1.54) is 70.6 Å². The van der Waals surface area contributed by atoms with Crippen molar-refractivity contribution in [2.75, 3.05) is 0 Å². The summed E-state index contributed by atoms with van der Waals surface area (Å²) in [6.07, 6.45) is 16.9. The summed E-state index contributed by atoms with van der Waals surface area (Å²) in [5.74, 6) is 0. The lowest BCUT2D eigenvalue weighted by Crippen LogP contribution is -1.90. The number of aliphatic hydroxyl groups excluding tert-OH is 1. The highest BCUT2D eigenvalue weighted by Gasteiger charge is 1.94. The zero-order valence-corrected chi connectivity index (χ0v) is 12.4. The van der Waals surface area contributed by atoms with Gasteiger partial charge in [0.25, 0.3) is 0 Å². The van der Waals surface area contributed by atoms with Crippen LogP contribution in [0.2, 0.25) is 0 Å². The molecule has 0 aromatic rings. The van der Waals surface area contributed by atoms with Gasteiger partial charge in [0.2, 0.25) is 0 Å². The second-order valence-corrected chi connectivity index (χ2v) is 5.50. The molecule has 0 amide bonds. The molecule has 110 valence electrons. The first-order chi connectivity index (χ1) is 8.27. The van der Waals surface area contributed by atoms with E-state index in [1.807, 2.05) is 0 Å². The number of hydrogen-bond acceptors (Lipinski definition) is 1. The molecule has 0 heterocycles. The van der Waals surface area contributed by atoms with Gasteiger partial charge in [0.05, 0.1) is 0 Å². The van der Waals surface area contributed by atoms with Gasteiger partial charge < -0.3 is 5.11 Å². The molecular weight excluding hydrogens is 240 g/mol. The Morgan fingerprint density at radius 1 is 0.722 bits per heavy atom. The van der Waals surface area contributed by atoms with E-state index in [4.69, 9.17) is 5.11 Å². The first kappa shape index (κ1) is 20.2. The topological polar surface area (TPSA) is 20.2 Å². The summed E-state index contributed by atoms with van der Waals surface area (Å²) in [6, 6.07) is 0. The van der Waals surface area contributed by atoms with Gasteiger partial charge in [-0.05, 0) is 18.6 Å². The third-order valence-corrected chi connectivity index (χ3v) is 3.45. The number of hydrogen-bond donors (Lipinski definition) is 1. The van der Waals surface area contributed by atoms with E-state index in [2.05, 4.69) is 19.1 Å². The summed E-state index contributed by atoms with van der Waals surface area (Å²) < 4.78 is 0. The van der Waals surface area contributed by atoms with Crippen LogP contribution in [0.4, 0.5) is 0 Å². The molecule has 0 aliphatic rings. The van der Waals surface area contributed by atoms with Crippen LogP contribution in [-0.4, -0.2) is 10.2 Å². The lowest BCUT2D eigenvalue weighted by Gasteiger charge is -2.02. The predicted octanol–water partition coefficient (Wildman–Crippen LogP) is 6.60. The lowest BCUT2D eigenvalue weighted by atomic mass is 10.0. The highest BCUT2D eigenvalue weighted by atomic mass is 32.1. The van der Waals surface area contributed by atoms with Gasteiger partial charge in [-0.15, -0.1) is 0 Å². The first-order valence-electron chi connectivity index (χ1n) is 7.49. The summed E-state index contributed by atoms with van der Waals surface area (Å²) in [5.41, 5.74) is 0. The third-order valence-electron chi connectivity index (χ3n) is 3.24. The molecule has 0 aliphatic carbocycles. The minimum absolute atomic E-state index is 0. The molecule has 0 unspecified atom stereocenters. The monoisotopic (exact) mass is 274 g/mol. The van der Waals surface area contributed by atoms with Gasteiger partial charge in [-0.1, -0.05) is 85.0 Å². The molecule has 0 aliphatic heterocycles. The van der Waals surface area contributed by atoms with Gasteiger partial charge in [0, 0.05) is 6.42 Å². The summed E-state index contributed by atoms with van der Waals surface area (Å²) >= 11 is 4.63. The lowest BCUT2D eigenvalue weighted by molar-refractivity contribution is 0.524. The second-order valence-electron chi connectivity index (χ2n) is 5.03. The Morgan fingerprint density at radius 3 is 1.39 bits per heavy atom. The first-order valence-corrected chi connectivity index (χ1v) is 7.90. The van der Waals surface area contributed by atoms with Crippen LogP contribution in [0.1, 0.15) is 97.8 Å². The van der Waals surface area contributed by atoms with Crippen molar-refractivity contribution in [3.63, 3.8) is 0 Å². The van der Waals surface area contributed by atoms with E-state index >= 15 is 0 Å². The molecule has 2 heteroatoms. The van der Waals surface area contributed by atoms with Crippen molar-refractivity contribution in [2.24, 2.45) is 0 Å². The summed E-state index contributed by atoms with van der Waals surface area (Å²) in [5, 5.41) is 9.02. The minimum atomic E-state index is 0. The Bertz CT molecular complexity index is 168. The average molecular weight is 275 g/mol. The smallest absolute Gasteiger partial charge is 0.156 e. The van der Waals surface area contributed by atoms with Crippen LogP contribution in [-0.2, 0) is 0 Å². The van der Waals surface area contributed by atoms with E-state index in [0.717, 1.165) is 6.42 Å². The molecule has 0 rings (SSSR count). The standard InChI is InChI=1S/C15H30OS.CH4/c1-2-3-4-5-6-7-8-9-10-11-12-13-14-15(16)17;/h2-14H2,1H3,(H,16,17);1H4. The van der Waals surface area contributed by atoms with E-state index in [9.17, 15) is 0 Å². The van der Waals surface area contributed by atoms with Crippen LogP contribution < -0.4 is 0 Å². The highest BCUT2D eigenvalue weighted by Crippen LogP contribution is 2.12. The number of rotatable bonds is 13. The molecule has 0 radical (unpaired) electrons. The molecule has 0 bridgehead atoms. The van der Waals surface area contributed by atoms with Gasteiger partial charge in [-0.2, -0.15) is 0 Å². The zero-order chi connectivity index (χ0) is 12.8. The molecule has 0 fully saturated rings. The van der Waals surface area contributed by atoms with Gasteiger partial charge in [0.1, 0.15) is 0 Å². The normalized spacial score (nSPS) is 10.1. The van der Waals surface area contributed by atoms with Gasteiger partial charge in [-0.25, -0.2) is 0 Å². The minimum Gasteiger partial charge on any atom is -0.502 e. The van der Waals surface area contributed by atoms with Crippen molar-refractivity contribution in [2.45, 2.75) is 97.8 Å². The maximum absolute atomic E-state index is 8.85. The largest absolute Gasteiger partial charge is 0.502 e. The quantitative estimate of drug-likeness (QED) is 0.301. The summed E-state index contributed by atoms with van der Waals surface area (Å²) in [6.45, 7) is 2.27. The van der Waals surface area contributed by atoms with E-state index in [-0.39, 0.29) is 12.5 Å². The maximum atomic E-state index is 8.85. The molecule has 0 saturated heterocycles. The van der Waals surface area contributed by atoms with Gasteiger partial charge in [-0.3, -0.25) is 0 Å². The molecular formula is C16H34OS. The molecule has 0 aromatic carbocycles. The van der Waals surface area contributed by atoms with Crippen molar-refractivity contribution < 1.29 is 5.11 Å². The van der Waals surface area contributed by atoms with E-state index < -0.39 is 0 Å². The van der Waals surface area contributed by atoms with Crippen LogP contribution in [0.5, 0.6) is 0 Å². The SMILES string of the molecule is C.CCCCCCCCCCCCCCC(O)=S. The highest BCUT2D eigenvalue weighted by molar-refractivity contribution is 7.80. The third kappa shape index (κ3) is 18.3. The Balaban J connectivity index is 0. The Kier molecular flexibility index (Phi) is 19.0. The number of unbranched alkanes of at least 4 members (excludes halogenated alkanes) is 11. The fourth-order valence-electron chi connectivity index (χ4n) is 2.12. The molecule has 0 spiro atoms. The van der Waals surface area contributed by atoms with Crippen LogP contribution in [0.3, 0.4) is 0 Å². The van der Waals surface area contributed by atoms with Crippen LogP contribution >= 0.6 is 12.2 Å². The average Bonchev–Trinajstić information content (AvgIpc) is 2.30. The molecule has 0 atom stereocenters. The van der Waals surface area contributed by atoms with E-state index in [0.29, 0.717) is 6.42 Å². The van der Waals surface area contributed by atoms with Crippen molar-refractivity contribution >= 4 is 17.3 Å². The zero-order valence-electron chi connectivity index (χ0n) is 11.5. The Morgan fingerprint density at radius 2 is 1.06 bits per heavy atom. The fourth-order valence-corrected chi connectivity index (χ4v) is 2.26. The second kappa shape index (κ2) is 16.9. The van der Waals surface area contributed by atoms with Gasteiger partial charge >= 0.3 is 0 Å². The van der Waals surface area contributed by atoms with Crippen LogP contribution in [0, 0.1) is 0 Å². The number of thiocarbonyl (C=S) groups is 1. The molecule has 1 nitrogen and oxygen atoms in total. The van der Waals surface area contributed by atoms with E-state index in [1.54, 1.807) is 0 Å².